The van der Waals surface area contributed by atoms with Gasteiger partial charge in [0.05, 0.1) is 0 Å². The van der Waals surface area contributed by atoms with Crippen LogP contribution in [0.5, 0.6) is 5.75 Å². The molecular weight excluding hydrogens is 364 g/mol. The van der Waals surface area contributed by atoms with Crippen molar-refractivity contribution in [2.45, 2.75) is 76.3 Å². The normalized spacial score (nSPS) is 15.9. The molecule has 1 aromatic heterocycles. The summed E-state index contributed by atoms with van der Waals surface area (Å²) in [6, 6.07) is 3.59. The Morgan fingerprint density at radius 1 is 1.04 bits per heavy atom. The smallest absolute Gasteiger partial charge is 0.262 e. The lowest BCUT2D eigenvalue weighted by atomic mass is 9.78. The highest BCUT2D eigenvalue weighted by Crippen LogP contribution is 2.42. The molecule has 1 heterocycles. The number of sulfonamides is 1. The van der Waals surface area contributed by atoms with Gasteiger partial charge in [0.15, 0.2) is 0 Å². The average Bonchev–Trinajstić information content (AvgIpc) is 3.15. The summed E-state index contributed by atoms with van der Waals surface area (Å²) in [5, 5.41) is 21.2. The van der Waals surface area contributed by atoms with Gasteiger partial charge in [-0.05, 0) is 35.8 Å². The van der Waals surface area contributed by atoms with E-state index in [1.807, 2.05) is 41.5 Å². The minimum Gasteiger partial charge on any atom is -0.507 e. The standard InChI is InChI=1S/C19H28N4O3S/c1-18(2,3)13-9-11(10-14(16(13)24)19(4,5)6)15-17(21-23-20-15)27(25,26)22-12-7-8-12/h9-10,12,22,24H,7-8H2,1-6H3,(H,20,21,23). The van der Waals surface area contributed by atoms with Crippen molar-refractivity contribution in [3.8, 4) is 17.0 Å². The Balaban J connectivity index is 2.20. The van der Waals surface area contributed by atoms with Crippen molar-refractivity contribution in [2.75, 3.05) is 0 Å². The Bertz CT molecular complexity index is 927. The maximum Gasteiger partial charge on any atom is 0.262 e. The maximum atomic E-state index is 12.7. The Morgan fingerprint density at radius 3 is 2.00 bits per heavy atom. The minimum absolute atomic E-state index is 0.0189. The Hall–Kier alpha value is -1.93. The number of phenolic OH excluding ortho intramolecular Hbond substituents is 1. The second-order valence-electron chi connectivity index (χ2n) is 9.29. The molecule has 1 saturated carbocycles. The fraction of sp³-hybridized carbons (Fsp3) is 0.579. The predicted molar refractivity (Wildman–Crippen MR) is 104 cm³/mol. The van der Waals surface area contributed by atoms with Gasteiger partial charge in [0.2, 0.25) is 5.03 Å². The predicted octanol–water partition coefficient (Wildman–Crippen LogP) is 3.21. The molecule has 27 heavy (non-hydrogen) atoms. The lowest BCUT2D eigenvalue weighted by molar-refractivity contribution is 0.423. The molecule has 2 aromatic rings. The number of hydrogen-bond donors (Lipinski definition) is 3. The molecule has 0 radical (unpaired) electrons. The lowest BCUT2D eigenvalue weighted by Gasteiger charge is -2.28. The first kappa shape index (κ1) is 19.8. The second kappa shape index (κ2) is 6.31. The van der Waals surface area contributed by atoms with Crippen LogP contribution in [0, 0.1) is 0 Å². The molecule has 3 N–H and O–H groups in total. The quantitative estimate of drug-likeness (QED) is 0.740. The van der Waals surface area contributed by atoms with Crippen molar-refractivity contribution in [2.24, 2.45) is 0 Å². The Morgan fingerprint density at radius 2 is 1.56 bits per heavy atom. The summed E-state index contributed by atoms with van der Waals surface area (Å²) in [6.45, 7) is 12.0. The first-order valence-corrected chi connectivity index (χ1v) is 10.6. The van der Waals surface area contributed by atoms with E-state index < -0.39 is 10.0 Å². The third kappa shape index (κ3) is 4.01. The van der Waals surface area contributed by atoms with Crippen LogP contribution < -0.4 is 4.72 Å². The monoisotopic (exact) mass is 392 g/mol. The lowest BCUT2D eigenvalue weighted by Crippen LogP contribution is -2.26. The van der Waals surface area contributed by atoms with Crippen molar-refractivity contribution in [1.29, 1.82) is 0 Å². The molecule has 1 fully saturated rings. The largest absolute Gasteiger partial charge is 0.507 e. The van der Waals surface area contributed by atoms with E-state index in [4.69, 9.17) is 0 Å². The molecule has 0 atom stereocenters. The fourth-order valence-electron chi connectivity index (χ4n) is 2.99. The van der Waals surface area contributed by atoms with Gasteiger partial charge in [0, 0.05) is 22.7 Å². The number of aromatic hydroxyl groups is 1. The zero-order chi connectivity index (χ0) is 20.2. The molecule has 8 heteroatoms. The van der Waals surface area contributed by atoms with E-state index in [-0.39, 0.29) is 33.3 Å². The van der Waals surface area contributed by atoms with Crippen LogP contribution in [0.3, 0.4) is 0 Å². The van der Waals surface area contributed by atoms with E-state index in [0.29, 0.717) is 5.56 Å². The summed E-state index contributed by atoms with van der Waals surface area (Å²) in [5.74, 6) is 0.239. The highest BCUT2D eigenvalue weighted by atomic mass is 32.2. The number of hydrogen-bond acceptors (Lipinski definition) is 5. The number of rotatable bonds is 4. The van der Waals surface area contributed by atoms with Crippen LogP contribution in [0.15, 0.2) is 17.2 Å². The third-order valence-electron chi connectivity index (χ3n) is 4.67. The van der Waals surface area contributed by atoms with Crippen molar-refractivity contribution in [3.63, 3.8) is 0 Å². The molecule has 0 saturated heterocycles. The molecule has 1 aliphatic rings. The second-order valence-corrected chi connectivity index (χ2v) is 10.9. The van der Waals surface area contributed by atoms with Gasteiger partial charge in [-0.3, -0.25) is 0 Å². The van der Waals surface area contributed by atoms with Crippen LogP contribution in [0.2, 0.25) is 0 Å². The Labute approximate surface area is 160 Å². The minimum atomic E-state index is -3.76. The summed E-state index contributed by atoms with van der Waals surface area (Å²) >= 11 is 0. The van der Waals surface area contributed by atoms with Crippen molar-refractivity contribution < 1.29 is 13.5 Å². The topological polar surface area (TPSA) is 108 Å². The number of H-pyrrole nitrogens is 1. The molecule has 148 valence electrons. The highest BCUT2D eigenvalue weighted by molar-refractivity contribution is 7.89. The van der Waals surface area contributed by atoms with Gasteiger partial charge in [-0.15, -0.1) is 5.10 Å². The summed E-state index contributed by atoms with van der Waals surface area (Å²) < 4.78 is 28.0. The molecule has 0 unspecified atom stereocenters. The number of nitrogens with one attached hydrogen (secondary N) is 2. The summed E-state index contributed by atoms with van der Waals surface area (Å²) in [4.78, 5) is 0. The zero-order valence-corrected chi connectivity index (χ0v) is 17.5. The molecule has 1 aliphatic carbocycles. The van der Waals surface area contributed by atoms with Crippen LogP contribution >= 0.6 is 0 Å². The molecule has 1 aromatic carbocycles. The van der Waals surface area contributed by atoms with E-state index in [1.165, 1.54) is 0 Å². The first-order chi connectivity index (χ1) is 12.3. The molecule has 0 amide bonds. The van der Waals surface area contributed by atoms with Gasteiger partial charge >= 0.3 is 0 Å². The van der Waals surface area contributed by atoms with Gasteiger partial charge in [-0.2, -0.15) is 10.3 Å². The molecule has 0 spiro atoms. The number of benzene rings is 1. The van der Waals surface area contributed by atoms with Crippen molar-refractivity contribution >= 4 is 10.0 Å². The molecular formula is C19H28N4O3S. The molecule has 0 aliphatic heterocycles. The number of phenols is 1. The summed E-state index contributed by atoms with van der Waals surface area (Å²) in [6.07, 6.45) is 1.68. The highest BCUT2D eigenvalue weighted by Gasteiger charge is 2.33. The van der Waals surface area contributed by atoms with Gasteiger partial charge in [-0.25, -0.2) is 13.1 Å². The summed E-state index contributed by atoms with van der Waals surface area (Å²) in [5.41, 5.74) is 1.72. The molecule has 3 rings (SSSR count). The van der Waals surface area contributed by atoms with Gasteiger partial charge < -0.3 is 5.11 Å². The number of nitrogens with zero attached hydrogens (tertiary/aromatic N) is 2. The van der Waals surface area contributed by atoms with E-state index >= 15 is 0 Å². The van der Waals surface area contributed by atoms with Crippen LogP contribution in [-0.2, 0) is 20.9 Å². The summed E-state index contributed by atoms with van der Waals surface area (Å²) in [7, 11) is -3.76. The zero-order valence-electron chi connectivity index (χ0n) is 16.7. The Kier molecular flexibility index (Phi) is 4.63. The first-order valence-electron chi connectivity index (χ1n) is 9.12. The van der Waals surface area contributed by atoms with Crippen LogP contribution in [-0.4, -0.2) is 35.0 Å². The average molecular weight is 393 g/mol. The molecule has 7 nitrogen and oxygen atoms in total. The fourth-order valence-corrected chi connectivity index (χ4v) is 4.35. The van der Waals surface area contributed by atoms with Crippen LogP contribution in [0.25, 0.3) is 11.3 Å². The number of aromatic amines is 1. The molecule has 0 bridgehead atoms. The SMILES string of the molecule is CC(C)(C)c1cc(-c2n[nH]nc2S(=O)(=O)NC2CC2)cc(C(C)(C)C)c1O. The van der Waals surface area contributed by atoms with Crippen LogP contribution in [0.1, 0.15) is 65.5 Å². The van der Waals surface area contributed by atoms with Crippen LogP contribution in [0.4, 0.5) is 0 Å². The third-order valence-corrected chi connectivity index (χ3v) is 6.11. The maximum absolute atomic E-state index is 12.7. The van der Waals surface area contributed by atoms with Crippen molar-refractivity contribution in [1.82, 2.24) is 20.1 Å². The van der Waals surface area contributed by atoms with Gasteiger partial charge in [-0.1, -0.05) is 41.5 Å². The van der Waals surface area contributed by atoms with E-state index in [1.54, 1.807) is 12.1 Å². The van der Waals surface area contributed by atoms with Gasteiger partial charge in [0.1, 0.15) is 11.4 Å². The van der Waals surface area contributed by atoms with Gasteiger partial charge in [0.25, 0.3) is 10.0 Å². The number of aromatic nitrogens is 3. The van der Waals surface area contributed by atoms with E-state index in [9.17, 15) is 13.5 Å². The van der Waals surface area contributed by atoms with E-state index in [2.05, 4.69) is 20.1 Å². The van der Waals surface area contributed by atoms with E-state index in [0.717, 1.165) is 24.0 Å². The van der Waals surface area contributed by atoms with Crippen molar-refractivity contribution in [3.05, 3.63) is 23.3 Å².